The summed E-state index contributed by atoms with van der Waals surface area (Å²) < 4.78 is 31.5. The summed E-state index contributed by atoms with van der Waals surface area (Å²) in [6.45, 7) is 4.12. The van der Waals surface area contributed by atoms with Crippen molar-refractivity contribution in [2.45, 2.75) is 25.1 Å². The van der Waals surface area contributed by atoms with Crippen molar-refractivity contribution in [2.75, 3.05) is 26.7 Å². The molecule has 118 valence electrons. The monoisotopic (exact) mass is 333 g/mol. The van der Waals surface area contributed by atoms with E-state index in [1.807, 2.05) is 0 Å². The second-order valence-corrected chi connectivity index (χ2v) is 7.48. The fraction of sp³-hybridized carbons (Fsp3) is 0.615. The lowest BCUT2D eigenvalue weighted by Crippen LogP contribution is -2.36. The zero-order valence-electron chi connectivity index (χ0n) is 12.2. The Labute approximate surface area is 130 Å². The molecule has 1 aromatic rings. The Kier molecular flexibility index (Phi) is 5.43. The van der Waals surface area contributed by atoms with Crippen molar-refractivity contribution in [3.8, 4) is 5.88 Å². The summed E-state index contributed by atoms with van der Waals surface area (Å²) in [5.74, 6) is 0.398. The number of sulfonamides is 1. The van der Waals surface area contributed by atoms with Crippen LogP contribution in [0.4, 0.5) is 0 Å². The van der Waals surface area contributed by atoms with E-state index in [1.54, 1.807) is 19.2 Å². The van der Waals surface area contributed by atoms with E-state index in [0.29, 0.717) is 37.0 Å². The molecule has 1 saturated heterocycles. The lowest BCUT2D eigenvalue weighted by atomic mass is 10.2. The molecule has 1 N–H and O–H groups in total. The SMILES string of the molecule is CCNS(=O)(=O)C1CCN(Cc2cnc(OC)c(Cl)c2)C1. The smallest absolute Gasteiger partial charge is 0.232 e. The quantitative estimate of drug-likeness (QED) is 0.848. The molecule has 8 heteroatoms. The van der Waals surface area contributed by atoms with Crippen LogP contribution in [-0.4, -0.2) is 50.3 Å². The minimum absolute atomic E-state index is 0.348. The van der Waals surface area contributed by atoms with Gasteiger partial charge in [-0.1, -0.05) is 18.5 Å². The average Bonchev–Trinajstić information content (AvgIpc) is 2.88. The van der Waals surface area contributed by atoms with Crippen LogP contribution < -0.4 is 9.46 Å². The van der Waals surface area contributed by atoms with Crippen molar-refractivity contribution in [1.29, 1.82) is 0 Å². The summed E-state index contributed by atoms with van der Waals surface area (Å²) in [6, 6.07) is 1.81. The number of pyridine rings is 1. The van der Waals surface area contributed by atoms with E-state index in [4.69, 9.17) is 16.3 Å². The third-order valence-corrected chi connectivity index (χ3v) is 5.70. The van der Waals surface area contributed by atoms with E-state index < -0.39 is 10.0 Å². The standard InChI is InChI=1S/C13H20ClN3O3S/c1-3-16-21(18,19)11-4-5-17(9-11)8-10-6-12(14)13(20-2)15-7-10/h6-7,11,16H,3-5,8-9H2,1-2H3. The van der Waals surface area contributed by atoms with Gasteiger partial charge in [0.2, 0.25) is 15.9 Å². The fourth-order valence-electron chi connectivity index (χ4n) is 2.47. The summed E-state index contributed by atoms with van der Waals surface area (Å²) in [6.07, 6.45) is 2.35. The summed E-state index contributed by atoms with van der Waals surface area (Å²) in [5.41, 5.74) is 0.947. The van der Waals surface area contributed by atoms with Gasteiger partial charge in [0.25, 0.3) is 0 Å². The number of ether oxygens (including phenoxy) is 1. The number of hydrogen-bond acceptors (Lipinski definition) is 5. The zero-order chi connectivity index (χ0) is 15.5. The van der Waals surface area contributed by atoms with E-state index in [1.165, 1.54) is 7.11 Å². The number of hydrogen-bond donors (Lipinski definition) is 1. The van der Waals surface area contributed by atoms with Gasteiger partial charge in [0.15, 0.2) is 0 Å². The van der Waals surface area contributed by atoms with Crippen LogP contribution in [0.25, 0.3) is 0 Å². The van der Waals surface area contributed by atoms with Crippen LogP contribution in [-0.2, 0) is 16.6 Å². The first-order valence-corrected chi connectivity index (χ1v) is 8.78. The molecule has 1 aliphatic rings. The first-order valence-electron chi connectivity index (χ1n) is 6.85. The van der Waals surface area contributed by atoms with E-state index in [2.05, 4.69) is 14.6 Å². The Hall–Kier alpha value is -0.890. The van der Waals surface area contributed by atoms with E-state index >= 15 is 0 Å². The van der Waals surface area contributed by atoms with Gasteiger partial charge in [-0.15, -0.1) is 0 Å². The Morgan fingerprint density at radius 2 is 2.33 bits per heavy atom. The molecule has 0 aliphatic carbocycles. The molecule has 21 heavy (non-hydrogen) atoms. The second-order valence-electron chi connectivity index (χ2n) is 5.02. The molecular weight excluding hydrogens is 314 g/mol. The van der Waals surface area contributed by atoms with Gasteiger partial charge in [-0.3, -0.25) is 4.90 Å². The topological polar surface area (TPSA) is 71.5 Å². The van der Waals surface area contributed by atoms with Crippen LogP contribution in [0.2, 0.25) is 5.02 Å². The molecule has 2 heterocycles. The van der Waals surface area contributed by atoms with Crippen molar-refractivity contribution in [3.63, 3.8) is 0 Å². The molecule has 1 atom stereocenters. The molecule has 0 radical (unpaired) electrons. The van der Waals surface area contributed by atoms with Crippen LogP contribution in [0.3, 0.4) is 0 Å². The second kappa shape index (κ2) is 6.91. The van der Waals surface area contributed by atoms with Gasteiger partial charge in [-0.2, -0.15) is 0 Å². The van der Waals surface area contributed by atoms with Crippen LogP contribution in [0.5, 0.6) is 5.88 Å². The van der Waals surface area contributed by atoms with Crippen LogP contribution >= 0.6 is 11.6 Å². The Morgan fingerprint density at radius 3 is 2.95 bits per heavy atom. The molecule has 0 amide bonds. The lowest BCUT2D eigenvalue weighted by Gasteiger charge is -2.16. The van der Waals surface area contributed by atoms with Gasteiger partial charge < -0.3 is 4.74 Å². The predicted octanol–water partition coefficient (Wildman–Crippen LogP) is 1.26. The van der Waals surface area contributed by atoms with Crippen LogP contribution in [0.15, 0.2) is 12.3 Å². The van der Waals surface area contributed by atoms with Crippen molar-refractivity contribution in [1.82, 2.24) is 14.6 Å². The first-order chi connectivity index (χ1) is 9.96. The molecule has 0 bridgehead atoms. The molecule has 2 rings (SSSR count). The molecule has 0 saturated carbocycles. The van der Waals surface area contributed by atoms with E-state index in [-0.39, 0.29) is 5.25 Å². The molecular formula is C13H20ClN3O3S. The fourth-order valence-corrected chi connectivity index (χ4v) is 4.20. The Morgan fingerprint density at radius 1 is 1.57 bits per heavy atom. The van der Waals surface area contributed by atoms with Crippen molar-refractivity contribution in [3.05, 3.63) is 22.8 Å². The number of aromatic nitrogens is 1. The largest absolute Gasteiger partial charge is 0.480 e. The van der Waals surface area contributed by atoms with Crippen molar-refractivity contribution in [2.24, 2.45) is 0 Å². The van der Waals surface area contributed by atoms with Crippen LogP contribution in [0, 0.1) is 0 Å². The normalized spacial score (nSPS) is 19.9. The highest BCUT2D eigenvalue weighted by atomic mass is 35.5. The number of nitrogens with one attached hydrogen (secondary N) is 1. The Balaban J connectivity index is 1.98. The van der Waals surface area contributed by atoms with Gasteiger partial charge in [0.1, 0.15) is 5.02 Å². The minimum Gasteiger partial charge on any atom is -0.480 e. The zero-order valence-corrected chi connectivity index (χ0v) is 13.7. The number of nitrogens with zero attached hydrogens (tertiary/aromatic N) is 2. The molecule has 6 nitrogen and oxygen atoms in total. The molecule has 1 unspecified atom stereocenters. The van der Waals surface area contributed by atoms with Gasteiger partial charge in [0.05, 0.1) is 12.4 Å². The van der Waals surface area contributed by atoms with E-state index in [9.17, 15) is 8.42 Å². The highest BCUT2D eigenvalue weighted by Gasteiger charge is 2.32. The maximum atomic E-state index is 12.0. The molecule has 1 fully saturated rings. The molecule has 0 aromatic carbocycles. The van der Waals surface area contributed by atoms with E-state index in [0.717, 1.165) is 12.1 Å². The van der Waals surface area contributed by atoms with Gasteiger partial charge in [0, 0.05) is 25.8 Å². The summed E-state index contributed by atoms with van der Waals surface area (Å²) in [7, 11) is -1.69. The van der Waals surface area contributed by atoms with Gasteiger partial charge >= 0.3 is 0 Å². The van der Waals surface area contributed by atoms with Crippen LogP contribution in [0.1, 0.15) is 18.9 Å². The highest BCUT2D eigenvalue weighted by molar-refractivity contribution is 7.90. The minimum atomic E-state index is -3.21. The Bertz CT molecular complexity index is 594. The lowest BCUT2D eigenvalue weighted by molar-refractivity contribution is 0.330. The third-order valence-electron chi connectivity index (χ3n) is 3.48. The third kappa shape index (κ3) is 4.06. The predicted molar refractivity (Wildman–Crippen MR) is 82.1 cm³/mol. The number of likely N-dealkylation sites (tertiary alicyclic amines) is 1. The number of halogens is 1. The molecule has 0 spiro atoms. The summed E-state index contributed by atoms with van der Waals surface area (Å²) in [4.78, 5) is 6.22. The number of rotatable bonds is 6. The summed E-state index contributed by atoms with van der Waals surface area (Å²) >= 11 is 6.05. The highest BCUT2D eigenvalue weighted by Crippen LogP contribution is 2.24. The molecule has 1 aliphatic heterocycles. The van der Waals surface area contributed by atoms with Gasteiger partial charge in [-0.25, -0.2) is 18.1 Å². The van der Waals surface area contributed by atoms with Gasteiger partial charge in [-0.05, 0) is 24.6 Å². The van der Waals surface area contributed by atoms with Crippen molar-refractivity contribution < 1.29 is 13.2 Å². The average molecular weight is 334 g/mol. The maximum Gasteiger partial charge on any atom is 0.232 e. The molecule has 1 aromatic heterocycles. The maximum absolute atomic E-state index is 12.0. The first kappa shape index (κ1) is 16.5. The number of methoxy groups -OCH3 is 1. The van der Waals surface area contributed by atoms with Crippen molar-refractivity contribution >= 4 is 21.6 Å². The summed E-state index contributed by atoms with van der Waals surface area (Å²) in [5, 5.41) is 0.116.